The molecule has 0 amide bonds. The summed E-state index contributed by atoms with van der Waals surface area (Å²) in [6, 6.07) is 16.0. The second kappa shape index (κ2) is 5.45. The molecule has 1 atom stereocenters. The van der Waals surface area contributed by atoms with Crippen LogP contribution in [-0.2, 0) is 10.4 Å². The van der Waals surface area contributed by atoms with Gasteiger partial charge in [0.15, 0.2) is 0 Å². The minimum Gasteiger partial charge on any atom is -0.478 e. The largest absolute Gasteiger partial charge is 0.478 e. The highest BCUT2D eigenvalue weighted by molar-refractivity contribution is 9.10. The van der Waals surface area contributed by atoms with E-state index < -0.39 is 11.6 Å². The Bertz CT molecular complexity index is 566. The summed E-state index contributed by atoms with van der Waals surface area (Å²) in [5.41, 5.74) is -0.805. The molecule has 0 radical (unpaired) electrons. The molecule has 0 aliphatic carbocycles. The fourth-order valence-corrected chi connectivity index (χ4v) is 1.98. The summed E-state index contributed by atoms with van der Waals surface area (Å²) in [7, 11) is 0. The van der Waals surface area contributed by atoms with Gasteiger partial charge >= 0.3 is 5.97 Å². The van der Waals surface area contributed by atoms with E-state index in [2.05, 4.69) is 15.9 Å². The Kier molecular flexibility index (Phi) is 3.90. The summed E-state index contributed by atoms with van der Waals surface area (Å²) in [4.78, 5) is 11.6. The van der Waals surface area contributed by atoms with Gasteiger partial charge in [0.25, 0.3) is 0 Å². The van der Waals surface area contributed by atoms with Gasteiger partial charge in [-0.2, -0.15) is 0 Å². The summed E-state index contributed by atoms with van der Waals surface area (Å²) in [5.74, 6) is -0.515. The predicted octanol–water partition coefficient (Wildman–Crippen LogP) is 3.83. The Morgan fingerprint density at radius 2 is 1.68 bits per heavy atom. The van der Waals surface area contributed by atoms with Crippen LogP contribution in [0.15, 0.2) is 59.1 Å². The summed E-state index contributed by atoms with van der Waals surface area (Å²) in [5, 5.41) is 9.47. The van der Waals surface area contributed by atoms with Crippen molar-refractivity contribution in [3.63, 3.8) is 0 Å². The third-order valence-corrected chi connectivity index (χ3v) is 3.40. The maximum absolute atomic E-state index is 11.6. The molecule has 0 spiro atoms. The lowest BCUT2D eigenvalue weighted by atomic mass is 9.96. The first kappa shape index (κ1) is 13.6. The predicted molar refractivity (Wildman–Crippen MR) is 76.2 cm³/mol. The van der Waals surface area contributed by atoms with E-state index in [0.717, 1.165) is 4.47 Å². The molecule has 0 saturated heterocycles. The average Bonchev–Trinajstić information content (AvgIpc) is 2.42. The number of carboxylic acids is 1. The van der Waals surface area contributed by atoms with E-state index in [1.165, 1.54) is 0 Å². The van der Waals surface area contributed by atoms with Crippen LogP contribution in [0.5, 0.6) is 5.75 Å². The lowest BCUT2D eigenvalue weighted by Gasteiger charge is -2.26. The van der Waals surface area contributed by atoms with Gasteiger partial charge < -0.3 is 9.84 Å². The van der Waals surface area contributed by atoms with Crippen molar-refractivity contribution in [3.8, 4) is 5.75 Å². The van der Waals surface area contributed by atoms with Gasteiger partial charge in [-0.25, -0.2) is 4.79 Å². The van der Waals surface area contributed by atoms with Crippen LogP contribution >= 0.6 is 15.9 Å². The number of benzene rings is 2. The standard InChI is InChI=1S/C15H13BrO3/c1-15(14(17)18,11-5-3-2-4-6-11)19-13-9-7-12(16)8-10-13/h2-10H,1H3,(H,17,18). The van der Waals surface area contributed by atoms with E-state index in [4.69, 9.17) is 4.74 Å². The Hall–Kier alpha value is -1.81. The SMILES string of the molecule is CC(Oc1ccc(Br)cc1)(C(=O)O)c1ccccc1. The molecule has 0 aromatic heterocycles. The van der Waals surface area contributed by atoms with Crippen LogP contribution in [0.3, 0.4) is 0 Å². The second-order valence-electron chi connectivity index (χ2n) is 4.26. The van der Waals surface area contributed by atoms with E-state index in [0.29, 0.717) is 11.3 Å². The molecule has 2 aromatic carbocycles. The number of ether oxygens (including phenoxy) is 1. The van der Waals surface area contributed by atoms with Crippen molar-refractivity contribution in [3.05, 3.63) is 64.6 Å². The number of hydrogen-bond acceptors (Lipinski definition) is 2. The fraction of sp³-hybridized carbons (Fsp3) is 0.133. The van der Waals surface area contributed by atoms with Crippen molar-refractivity contribution in [2.45, 2.75) is 12.5 Å². The number of halogens is 1. The van der Waals surface area contributed by atoms with Crippen LogP contribution in [0.1, 0.15) is 12.5 Å². The van der Waals surface area contributed by atoms with Crippen LogP contribution in [0, 0.1) is 0 Å². The first-order valence-electron chi connectivity index (χ1n) is 5.76. The summed E-state index contributed by atoms with van der Waals surface area (Å²) < 4.78 is 6.60. The smallest absolute Gasteiger partial charge is 0.352 e. The van der Waals surface area contributed by atoms with Crippen molar-refractivity contribution < 1.29 is 14.6 Å². The highest BCUT2D eigenvalue weighted by atomic mass is 79.9. The Morgan fingerprint density at radius 3 is 2.21 bits per heavy atom. The number of carboxylic acid groups (broad SMARTS) is 1. The lowest BCUT2D eigenvalue weighted by molar-refractivity contribution is -0.154. The molecule has 0 aliphatic rings. The zero-order valence-corrected chi connectivity index (χ0v) is 11.9. The minimum absolute atomic E-state index is 0.511. The molecule has 19 heavy (non-hydrogen) atoms. The minimum atomic E-state index is -1.41. The van der Waals surface area contributed by atoms with E-state index in [-0.39, 0.29) is 0 Å². The van der Waals surface area contributed by atoms with E-state index in [1.54, 1.807) is 43.3 Å². The van der Waals surface area contributed by atoms with Gasteiger partial charge in [-0.3, -0.25) is 0 Å². The van der Waals surface area contributed by atoms with E-state index in [9.17, 15) is 9.90 Å². The number of aliphatic carboxylic acids is 1. The van der Waals surface area contributed by atoms with Gasteiger partial charge in [-0.15, -0.1) is 0 Å². The van der Waals surface area contributed by atoms with Gasteiger partial charge in [0, 0.05) is 10.0 Å². The molecular formula is C15H13BrO3. The first-order chi connectivity index (χ1) is 9.02. The van der Waals surface area contributed by atoms with Gasteiger partial charge in [-0.1, -0.05) is 46.3 Å². The highest BCUT2D eigenvalue weighted by Gasteiger charge is 2.37. The van der Waals surface area contributed by atoms with Crippen molar-refractivity contribution >= 4 is 21.9 Å². The third-order valence-electron chi connectivity index (χ3n) is 2.87. The molecule has 4 heteroatoms. The van der Waals surface area contributed by atoms with Crippen molar-refractivity contribution in [1.29, 1.82) is 0 Å². The van der Waals surface area contributed by atoms with Crippen LogP contribution in [-0.4, -0.2) is 11.1 Å². The third kappa shape index (κ3) is 2.96. The zero-order chi connectivity index (χ0) is 13.9. The van der Waals surface area contributed by atoms with Gasteiger partial charge in [0.2, 0.25) is 5.60 Å². The summed E-state index contributed by atoms with van der Waals surface area (Å²) >= 11 is 3.33. The maximum Gasteiger partial charge on any atom is 0.352 e. The van der Waals surface area contributed by atoms with Crippen LogP contribution in [0.4, 0.5) is 0 Å². The van der Waals surface area contributed by atoms with Gasteiger partial charge in [-0.05, 0) is 31.2 Å². The van der Waals surface area contributed by atoms with Crippen molar-refractivity contribution in [1.82, 2.24) is 0 Å². The molecule has 1 N–H and O–H groups in total. The van der Waals surface area contributed by atoms with Gasteiger partial charge in [0.1, 0.15) is 5.75 Å². The summed E-state index contributed by atoms with van der Waals surface area (Å²) in [6.45, 7) is 1.55. The van der Waals surface area contributed by atoms with Crippen LogP contribution in [0.2, 0.25) is 0 Å². The Labute approximate surface area is 120 Å². The average molecular weight is 321 g/mol. The molecular weight excluding hydrogens is 308 g/mol. The quantitative estimate of drug-likeness (QED) is 0.931. The van der Waals surface area contributed by atoms with Crippen LogP contribution in [0.25, 0.3) is 0 Å². The fourth-order valence-electron chi connectivity index (χ4n) is 1.72. The Balaban J connectivity index is 2.36. The Morgan fingerprint density at radius 1 is 1.11 bits per heavy atom. The molecule has 3 nitrogen and oxygen atoms in total. The molecule has 0 saturated carbocycles. The van der Waals surface area contributed by atoms with E-state index in [1.807, 2.05) is 18.2 Å². The molecule has 2 aromatic rings. The zero-order valence-electron chi connectivity index (χ0n) is 10.3. The van der Waals surface area contributed by atoms with Gasteiger partial charge in [0.05, 0.1) is 0 Å². The molecule has 0 bridgehead atoms. The lowest BCUT2D eigenvalue weighted by Crippen LogP contribution is -2.38. The molecule has 2 rings (SSSR count). The number of hydrogen-bond donors (Lipinski definition) is 1. The van der Waals surface area contributed by atoms with Crippen LogP contribution < -0.4 is 4.74 Å². The molecule has 0 aliphatic heterocycles. The maximum atomic E-state index is 11.6. The molecule has 1 unspecified atom stereocenters. The first-order valence-corrected chi connectivity index (χ1v) is 6.55. The number of carbonyl (C=O) groups is 1. The molecule has 0 fully saturated rings. The summed E-state index contributed by atoms with van der Waals surface area (Å²) in [6.07, 6.45) is 0. The highest BCUT2D eigenvalue weighted by Crippen LogP contribution is 2.29. The number of rotatable bonds is 4. The molecule has 0 heterocycles. The normalized spacial score (nSPS) is 13.6. The molecule has 98 valence electrons. The topological polar surface area (TPSA) is 46.5 Å². The van der Waals surface area contributed by atoms with Crippen molar-refractivity contribution in [2.75, 3.05) is 0 Å². The van der Waals surface area contributed by atoms with E-state index >= 15 is 0 Å². The second-order valence-corrected chi connectivity index (χ2v) is 5.18. The van der Waals surface area contributed by atoms with Crippen molar-refractivity contribution in [2.24, 2.45) is 0 Å². The monoisotopic (exact) mass is 320 g/mol.